The molecule has 0 unspecified atom stereocenters. The van der Waals surface area contributed by atoms with Crippen molar-refractivity contribution >= 4 is 17.9 Å². The molecule has 0 aromatic heterocycles. The van der Waals surface area contributed by atoms with Gasteiger partial charge in [0.05, 0.1) is 0 Å². The highest BCUT2D eigenvalue weighted by Gasteiger charge is 2.19. The fraction of sp³-hybridized carbons (Fsp3) is 0.939. The maximum atomic E-state index is 12.7. The lowest BCUT2D eigenvalue weighted by molar-refractivity contribution is -0.167. The van der Waals surface area contributed by atoms with Gasteiger partial charge in [0.25, 0.3) is 0 Å². The van der Waals surface area contributed by atoms with E-state index in [2.05, 4.69) is 20.8 Å². The summed E-state index contributed by atoms with van der Waals surface area (Å²) < 4.78 is 16.8. The van der Waals surface area contributed by atoms with Crippen LogP contribution in [-0.2, 0) is 28.6 Å². The lowest BCUT2D eigenvalue weighted by Gasteiger charge is -2.18. The molecule has 0 fully saturated rings. The molecule has 0 aliphatic rings. The summed E-state index contributed by atoms with van der Waals surface area (Å²) in [5, 5.41) is 0. The van der Waals surface area contributed by atoms with E-state index in [0.717, 1.165) is 57.8 Å². The number of hydrogen-bond acceptors (Lipinski definition) is 6. The molecular weight excluding hydrogens is 685 g/mol. The first-order valence-corrected chi connectivity index (χ1v) is 24.5. The van der Waals surface area contributed by atoms with Crippen molar-refractivity contribution in [1.29, 1.82) is 0 Å². The summed E-state index contributed by atoms with van der Waals surface area (Å²) in [5.41, 5.74) is 0. The summed E-state index contributed by atoms with van der Waals surface area (Å²) in [4.78, 5) is 37.8. The fourth-order valence-corrected chi connectivity index (χ4v) is 7.38. The van der Waals surface area contributed by atoms with Gasteiger partial charge < -0.3 is 14.2 Å². The van der Waals surface area contributed by atoms with E-state index < -0.39 is 6.10 Å². The van der Waals surface area contributed by atoms with Gasteiger partial charge in [-0.05, 0) is 19.3 Å². The smallest absolute Gasteiger partial charge is 0.306 e. The molecule has 6 nitrogen and oxygen atoms in total. The first kappa shape index (κ1) is 53.4. The molecule has 0 N–H and O–H groups in total. The summed E-state index contributed by atoms with van der Waals surface area (Å²) in [7, 11) is 0. The minimum atomic E-state index is -0.758. The standard InChI is InChI=1S/C49H94O6/c1-4-7-10-13-16-19-22-24-25-28-30-33-36-39-42-48(51)54-45-46(44-53-47(50)41-38-35-32-29-26-21-18-15-12-9-6-3)55-49(52)43-40-37-34-31-27-23-20-17-14-11-8-5-2/h46H,4-45H2,1-3H3/t46-/m0/s1. The highest BCUT2D eigenvalue weighted by molar-refractivity contribution is 5.71. The molecule has 0 aliphatic heterocycles. The molecule has 55 heavy (non-hydrogen) atoms. The van der Waals surface area contributed by atoms with Crippen molar-refractivity contribution in [3.8, 4) is 0 Å². The van der Waals surface area contributed by atoms with Crippen LogP contribution in [0, 0.1) is 0 Å². The van der Waals surface area contributed by atoms with Crippen molar-refractivity contribution < 1.29 is 28.6 Å². The largest absolute Gasteiger partial charge is 0.462 e. The van der Waals surface area contributed by atoms with Gasteiger partial charge in [0.2, 0.25) is 0 Å². The molecule has 0 radical (unpaired) electrons. The van der Waals surface area contributed by atoms with Crippen LogP contribution in [0.15, 0.2) is 0 Å². The Balaban J connectivity index is 4.30. The monoisotopic (exact) mass is 779 g/mol. The predicted octanol–water partition coefficient (Wildman–Crippen LogP) is 15.6. The van der Waals surface area contributed by atoms with E-state index in [1.807, 2.05) is 0 Å². The van der Waals surface area contributed by atoms with Crippen molar-refractivity contribution in [3.63, 3.8) is 0 Å². The molecular formula is C49H94O6. The number of carbonyl (C=O) groups excluding carboxylic acids is 3. The quantitative estimate of drug-likeness (QED) is 0.0348. The third-order valence-corrected chi connectivity index (χ3v) is 11.1. The van der Waals surface area contributed by atoms with E-state index in [1.165, 1.54) is 180 Å². The van der Waals surface area contributed by atoms with E-state index in [-0.39, 0.29) is 31.1 Å². The number of ether oxygens (including phenoxy) is 3. The van der Waals surface area contributed by atoms with Crippen LogP contribution in [0.1, 0.15) is 278 Å². The molecule has 0 spiro atoms. The minimum absolute atomic E-state index is 0.0622. The number of carbonyl (C=O) groups is 3. The molecule has 0 saturated carbocycles. The Labute approximate surface area is 342 Å². The van der Waals surface area contributed by atoms with E-state index >= 15 is 0 Å². The molecule has 1 atom stereocenters. The maximum absolute atomic E-state index is 12.7. The summed E-state index contributed by atoms with van der Waals surface area (Å²) >= 11 is 0. The van der Waals surface area contributed by atoms with E-state index in [0.29, 0.717) is 19.3 Å². The SMILES string of the molecule is CCCCCCCCCCCCCCCCC(=O)OC[C@H](COC(=O)CCCCCCCCCCCCC)OC(=O)CCCCCCCCCCCCCC. The highest BCUT2D eigenvalue weighted by atomic mass is 16.6. The average molecular weight is 779 g/mol. The zero-order chi connectivity index (χ0) is 40.1. The Morgan fingerprint density at radius 1 is 0.291 bits per heavy atom. The zero-order valence-electron chi connectivity index (χ0n) is 37.2. The third kappa shape index (κ3) is 43.4. The molecule has 6 heteroatoms. The van der Waals surface area contributed by atoms with E-state index in [4.69, 9.17) is 14.2 Å². The molecule has 0 amide bonds. The van der Waals surface area contributed by atoms with Gasteiger partial charge in [0, 0.05) is 19.3 Å². The summed E-state index contributed by atoms with van der Waals surface area (Å²) in [6, 6.07) is 0. The van der Waals surface area contributed by atoms with Crippen LogP contribution in [0.3, 0.4) is 0 Å². The second kappa shape index (κ2) is 45.1. The van der Waals surface area contributed by atoms with Gasteiger partial charge in [-0.1, -0.05) is 239 Å². The first-order chi connectivity index (χ1) is 27.0. The van der Waals surface area contributed by atoms with Crippen molar-refractivity contribution in [1.82, 2.24) is 0 Å². The van der Waals surface area contributed by atoms with Gasteiger partial charge in [-0.25, -0.2) is 0 Å². The number of hydrogen-bond donors (Lipinski definition) is 0. The van der Waals surface area contributed by atoms with Gasteiger partial charge in [0.1, 0.15) is 13.2 Å². The number of esters is 3. The van der Waals surface area contributed by atoms with Crippen molar-refractivity contribution in [2.75, 3.05) is 13.2 Å². The summed E-state index contributed by atoms with van der Waals surface area (Å²) in [6.45, 7) is 6.66. The molecule has 0 rings (SSSR count). The van der Waals surface area contributed by atoms with E-state index in [1.54, 1.807) is 0 Å². The Bertz CT molecular complexity index is 813. The summed E-state index contributed by atoms with van der Waals surface area (Å²) in [6.07, 6.45) is 46.5. The normalized spacial score (nSPS) is 11.8. The molecule has 0 aromatic carbocycles. The van der Waals surface area contributed by atoms with Crippen LogP contribution in [0.4, 0.5) is 0 Å². The van der Waals surface area contributed by atoms with Crippen molar-refractivity contribution in [2.45, 2.75) is 284 Å². The van der Waals surface area contributed by atoms with Crippen LogP contribution in [0.25, 0.3) is 0 Å². The maximum Gasteiger partial charge on any atom is 0.306 e. The van der Waals surface area contributed by atoms with Crippen LogP contribution in [0.2, 0.25) is 0 Å². The topological polar surface area (TPSA) is 78.9 Å². The van der Waals surface area contributed by atoms with Crippen LogP contribution in [-0.4, -0.2) is 37.2 Å². The lowest BCUT2D eigenvalue weighted by Crippen LogP contribution is -2.30. The molecule has 326 valence electrons. The van der Waals surface area contributed by atoms with Gasteiger partial charge in [-0.15, -0.1) is 0 Å². The van der Waals surface area contributed by atoms with Gasteiger partial charge >= 0.3 is 17.9 Å². The van der Waals surface area contributed by atoms with Crippen molar-refractivity contribution in [3.05, 3.63) is 0 Å². The first-order valence-electron chi connectivity index (χ1n) is 24.5. The minimum Gasteiger partial charge on any atom is -0.462 e. The Hall–Kier alpha value is -1.59. The molecule has 0 aromatic rings. The average Bonchev–Trinajstić information content (AvgIpc) is 3.18. The summed E-state index contributed by atoms with van der Waals surface area (Å²) in [5.74, 6) is -0.846. The van der Waals surface area contributed by atoms with Crippen LogP contribution >= 0.6 is 0 Å². The van der Waals surface area contributed by atoms with Gasteiger partial charge in [-0.2, -0.15) is 0 Å². The molecule has 0 saturated heterocycles. The molecule has 0 aliphatic carbocycles. The molecule has 0 bridgehead atoms. The van der Waals surface area contributed by atoms with E-state index in [9.17, 15) is 14.4 Å². The number of rotatable bonds is 45. The second-order valence-corrected chi connectivity index (χ2v) is 16.7. The Kier molecular flexibility index (Phi) is 43.8. The van der Waals surface area contributed by atoms with Gasteiger partial charge in [-0.3, -0.25) is 14.4 Å². The highest BCUT2D eigenvalue weighted by Crippen LogP contribution is 2.16. The Morgan fingerprint density at radius 3 is 0.727 bits per heavy atom. The number of unbranched alkanes of at least 4 members (excludes halogenated alkanes) is 34. The zero-order valence-corrected chi connectivity index (χ0v) is 37.2. The lowest BCUT2D eigenvalue weighted by atomic mass is 10.0. The Morgan fingerprint density at radius 2 is 0.491 bits per heavy atom. The third-order valence-electron chi connectivity index (χ3n) is 11.1. The predicted molar refractivity (Wildman–Crippen MR) is 233 cm³/mol. The van der Waals surface area contributed by atoms with Crippen molar-refractivity contribution in [2.24, 2.45) is 0 Å². The molecule has 0 heterocycles. The van der Waals surface area contributed by atoms with Gasteiger partial charge in [0.15, 0.2) is 6.10 Å². The second-order valence-electron chi connectivity index (χ2n) is 16.7. The fourth-order valence-electron chi connectivity index (χ4n) is 7.38. The van der Waals surface area contributed by atoms with Crippen LogP contribution in [0.5, 0.6) is 0 Å². The van der Waals surface area contributed by atoms with Crippen LogP contribution < -0.4 is 0 Å².